The van der Waals surface area contributed by atoms with Gasteiger partial charge in [-0.3, -0.25) is 14.9 Å². The minimum Gasteiger partial charge on any atom is -0.508 e. The van der Waals surface area contributed by atoms with E-state index in [9.17, 15) is 30.2 Å². The first kappa shape index (κ1) is 14.4. The number of hydrogen-bond donors (Lipinski definition) is 3. The summed E-state index contributed by atoms with van der Waals surface area (Å²) in [4.78, 5) is 23.0. The van der Waals surface area contributed by atoms with Crippen molar-refractivity contribution < 1.29 is 24.7 Å². The number of benzene rings is 2. The summed E-state index contributed by atoms with van der Waals surface area (Å²) in [6.07, 6.45) is 0. The molecule has 0 radical (unpaired) electrons. The molecule has 8 heteroatoms. The third-order valence-corrected chi connectivity index (χ3v) is 3.26. The molecule has 0 fully saturated rings. The molecule has 0 aliphatic carbocycles. The standard InChI is InChI=1S/C15H9NO7/c17-8-3-1-7(2-4-8)12-14(20)13-10(19)5-9(18)6-11(13)23-15(12)16(21)22/h1-6,17-19H. The molecule has 8 nitrogen and oxygen atoms in total. The van der Waals surface area contributed by atoms with E-state index in [4.69, 9.17) is 4.42 Å². The second kappa shape index (κ2) is 5.02. The number of hydrogen-bond acceptors (Lipinski definition) is 7. The topological polar surface area (TPSA) is 134 Å². The average molecular weight is 315 g/mol. The van der Waals surface area contributed by atoms with Gasteiger partial charge in [-0.1, -0.05) is 12.1 Å². The van der Waals surface area contributed by atoms with Gasteiger partial charge in [0.1, 0.15) is 33.1 Å². The Balaban J connectivity index is 2.47. The summed E-state index contributed by atoms with van der Waals surface area (Å²) >= 11 is 0. The Morgan fingerprint density at radius 2 is 1.65 bits per heavy atom. The fourth-order valence-electron chi connectivity index (χ4n) is 2.28. The molecule has 0 saturated carbocycles. The van der Waals surface area contributed by atoms with Crippen molar-refractivity contribution in [2.24, 2.45) is 0 Å². The quantitative estimate of drug-likeness (QED) is 0.488. The van der Waals surface area contributed by atoms with Crippen molar-refractivity contribution in [3.05, 3.63) is 56.7 Å². The lowest BCUT2D eigenvalue weighted by molar-refractivity contribution is -0.401. The fraction of sp³-hybridized carbons (Fsp3) is 0. The van der Waals surface area contributed by atoms with Gasteiger partial charge in [0, 0.05) is 12.1 Å². The maximum atomic E-state index is 12.6. The molecule has 3 N–H and O–H groups in total. The Morgan fingerprint density at radius 1 is 1.00 bits per heavy atom. The van der Waals surface area contributed by atoms with E-state index in [1.807, 2.05) is 0 Å². The zero-order valence-corrected chi connectivity index (χ0v) is 11.4. The lowest BCUT2D eigenvalue weighted by Gasteiger charge is -2.06. The van der Waals surface area contributed by atoms with E-state index in [1.54, 1.807) is 0 Å². The van der Waals surface area contributed by atoms with Gasteiger partial charge in [0.05, 0.1) is 0 Å². The zero-order valence-electron chi connectivity index (χ0n) is 11.4. The van der Waals surface area contributed by atoms with Crippen LogP contribution in [0.4, 0.5) is 5.88 Å². The lowest BCUT2D eigenvalue weighted by atomic mass is 10.0. The molecule has 1 aromatic heterocycles. The normalized spacial score (nSPS) is 10.8. The summed E-state index contributed by atoms with van der Waals surface area (Å²) in [6, 6.07) is 7.10. The molecule has 0 aliphatic rings. The van der Waals surface area contributed by atoms with Crippen LogP contribution in [0.2, 0.25) is 0 Å². The van der Waals surface area contributed by atoms with Crippen molar-refractivity contribution in [1.29, 1.82) is 0 Å². The van der Waals surface area contributed by atoms with E-state index in [0.29, 0.717) is 0 Å². The maximum Gasteiger partial charge on any atom is 0.445 e. The van der Waals surface area contributed by atoms with E-state index in [-0.39, 0.29) is 27.8 Å². The highest BCUT2D eigenvalue weighted by Gasteiger charge is 2.26. The molecular weight excluding hydrogens is 306 g/mol. The second-order valence-corrected chi connectivity index (χ2v) is 4.75. The minimum atomic E-state index is -0.871. The zero-order chi connectivity index (χ0) is 16.7. The highest BCUT2D eigenvalue weighted by atomic mass is 16.6. The number of phenolic OH excluding ortho intramolecular Hbond substituents is 3. The monoisotopic (exact) mass is 315 g/mol. The third-order valence-electron chi connectivity index (χ3n) is 3.26. The first-order chi connectivity index (χ1) is 10.9. The van der Waals surface area contributed by atoms with Crippen molar-refractivity contribution in [2.45, 2.75) is 0 Å². The average Bonchev–Trinajstić information content (AvgIpc) is 2.47. The van der Waals surface area contributed by atoms with Crippen LogP contribution < -0.4 is 5.43 Å². The summed E-state index contributed by atoms with van der Waals surface area (Å²) in [5.41, 5.74) is -1.33. The highest BCUT2D eigenvalue weighted by Crippen LogP contribution is 2.35. The number of phenols is 3. The number of rotatable bonds is 2. The molecule has 0 atom stereocenters. The van der Waals surface area contributed by atoms with Gasteiger partial charge in [0.2, 0.25) is 5.43 Å². The fourth-order valence-corrected chi connectivity index (χ4v) is 2.28. The van der Waals surface area contributed by atoms with Gasteiger partial charge < -0.3 is 19.7 Å². The molecule has 0 saturated heterocycles. The number of aromatic hydroxyl groups is 3. The Bertz CT molecular complexity index is 989. The number of fused-ring (bicyclic) bond motifs is 1. The molecule has 0 bridgehead atoms. The third kappa shape index (κ3) is 2.31. The summed E-state index contributed by atoms with van der Waals surface area (Å²) < 4.78 is 5.10. The van der Waals surface area contributed by atoms with E-state index < -0.39 is 27.7 Å². The van der Waals surface area contributed by atoms with Crippen LogP contribution in [-0.4, -0.2) is 20.2 Å². The summed E-state index contributed by atoms with van der Waals surface area (Å²) in [5.74, 6) is -1.85. The van der Waals surface area contributed by atoms with Crippen LogP contribution in [0.1, 0.15) is 0 Å². The van der Waals surface area contributed by atoms with Crippen LogP contribution in [0.5, 0.6) is 17.2 Å². The Kier molecular flexibility index (Phi) is 3.14. The summed E-state index contributed by atoms with van der Waals surface area (Å²) in [6.45, 7) is 0. The van der Waals surface area contributed by atoms with Crippen molar-refractivity contribution in [3.63, 3.8) is 0 Å². The molecule has 0 amide bonds. The van der Waals surface area contributed by atoms with Gasteiger partial charge in [-0.25, -0.2) is 0 Å². The molecule has 23 heavy (non-hydrogen) atoms. The number of nitro groups is 1. The Hall–Kier alpha value is -3.55. The first-order valence-corrected chi connectivity index (χ1v) is 6.35. The van der Waals surface area contributed by atoms with Crippen LogP contribution >= 0.6 is 0 Å². The van der Waals surface area contributed by atoms with Crippen LogP contribution in [0.15, 0.2) is 45.6 Å². The van der Waals surface area contributed by atoms with Gasteiger partial charge in [-0.05, 0) is 17.7 Å². The molecule has 3 rings (SSSR count). The van der Waals surface area contributed by atoms with Crippen LogP contribution in [0.25, 0.3) is 22.1 Å². The molecule has 3 aromatic rings. The van der Waals surface area contributed by atoms with Crippen LogP contribution in [0, 0.1) is 10.1 Å². The van der Waals surface area contributed by atoms with Gasteiger partial charge in [0.25, 0.3) is 0 Å². The predicted molar refractivity (Wildman–Crippen MR) is 79.6 cm³/mol. The predicted octanol–water partition coefficient (Wildman–Crippen LogP) is 2.49. The van der Waals surface area contributed by atoms with Gasteiger partial charge in [-0.2, -0.15) is 0 Å². The molecular formula is C15H9NO7. The van der Waals surface area contributed by atoms with Crippen molar-refractivity contribution in [3.8, 4) is 28.4 Å². The SMILES string of the molecule is O=c1c(-c2ccc(O)cc2)c([N+](=O)[O-])oc2cc(O)cc(O)c12. The van der Waals surface area contributed by atoms with E-state index in [2.05, 4.69) is 0 Å². The Morgan fingerprint density at radius 3 is 2.26 bits per heavy atom. The maximum absolute atomic E-state index is 12.6. The summed E-state index contributed by atoms with van der Waals surface area (Å²) in [7, 11) is 0. The molecule has 1 heterocycles. The van der Waals surface area contributed by atoms with E-state index in [0.717, 1.165) is 12.1 Å². The Labute approximate surface area is 127 Å². The number of nitrogens with zero attached hydrogens (tertiary/aromatic N) is 1. The van der Waals surface area contributed by atoms with Gasteiger partial charge in [-0.15, -0.1) is 0 Å². The molecule has 0 unspecified atom stereocenters. The van der Waals surface area contributed by atoms with Crippen molar-refractivity contribution >= 4 is 16.9 Å². The molecule has 116 valence electrons. The lowest BCUT2D eigenvalue weighted by Crippen LogP contribution is -2.09. The minimum absolute atomic E-state index is 0.0747. The highest BCUT2D eigenvalue weighted by molar-refractivity contribution is 5.90. The van der Waals surface area contributed by atoms with Crippen LogP contribution in [-0.2, 0) is 0 Å². The molecule has 0 aliphatic heterocycles. The summed E-state index contributed by atoms with van der Waals surface area (Å²) in [5, 5.41) is 39.5. The molecule has 2 aromatic carbocycles. The second-order valence-electron chi connectivity index (χ2n) is 4.75. The van der Waals surface area contributed by atoms with E-state index >= 15 is 0 Å². The van der Waals surface area contributed by atoms with Crippen LogP contribution in [0.3, 0.4) is 0 Å². The van der Waals surface area contributed by atoms with E-state index in [1.165, 1.54) is 24.3 Å². The van der Waals surface area contributed by atoms with Gasteiger partial charge in [0.15, 0.2) is 5.58 Å². The smallest absolute Gasteiger partial charge is 0.445 e. The van der Waals surface area contributed by atoms with Crippen molar-refractivity contribution in [1.82, 2.24) is 0 Å². The van der Waals surface area contributed by atoms with Gasteiger partial charge >= 0.3 is 5.88 Å². The largest absolute Gasteiger partial charge is 0.508 e. The molecule has 0 spiro atoms. The first-order valence-electron chi connectivity index (χ1n) is 6.35. The van der Waals surface area contributed by atoms with Crippen molar-refractivity contribution in [2.75, 3.05) is 0 Å².